The Kier molecular flexibility index (Phi) is 4.63. The van der Waals surface area contributed by atoms with Crippen LogP contribution in [-0.2, 0) is 4.79 Å². The van der Waals surface area contributed by atoms with Crippen LogP contribution in [0.3, 0.4) is 0 Å². The molecule has 0 aromatic carbocycles. The molecule has 0 radical (unpaired) electrons. The Hall–Kier alpha value is -0.860. The van der Waals surface area contributed by atoms with E-state index in [1.165, 1.54) is 19.3 Å². The predicted molar refractivity (Wildman–Crippen MR) is 58.0 cm³/mol. The van der Waals surface area contributed by atoms with E-state index in [2.05, 4.69) is 10.5 Å². The van der Waals surface area contributed by atoms with Crippen molar-refractivity contribution < 1.29 is 4.79 Å². The number of hydrogen-bond donors (Lipinski definition) is 1. The molecular weight excluding hydrogens is 176 g/mol. The number of nitrogens with one attached hydrogen (secondary N) is 1. The average Bonchev–Trinajstić information content (AvgIpc) is 2.18. The van der Waals surface area contributed by atoms with Crippen LogP contribution in [0.15, 0.2) is 5.10 Å². The molecule has 0 heterocycles. The van der Waals surface area contributed by atoms with E-state index in [0.717, 1.165) is 12.8 Å². The van der Waals surface area contributed by atoms with Crippen molar-refractivity contribution in [2.45, 2.75) is 46.0 Å². The summed E-state index contributed by atoms with van der Waals surface area (Å²) >= 11 is 0. The Balaban J connectivity index is 2.26. The lowest BCUT2D eigenvalue weighted by atomic mass is 9.89. The van der Waals surface area contributed by atoms with Gasteiger partial charge in [-0.25, -0.2) is 5.43 Å². The van der Waals surface area contributed by atoms with Crippen molar-refractivity contribution in [2.24, 2.45) is 16.9 Å². The molecule has 1 saturated carbocycles. The first-order chi connectivity index (χ1) is 6.70. The summed E-state index contributed by atoms with van der Waals surface area (Å²) in [5.74, 6) is 0.691. The number of rotatable bonds is 3. The zero-order valence-electron chi connectivity index (χ0n) is 9.12. The van der Waals surface area contributed by atoms with Crippen LogP contribution in [0.4, 0.5) is 0 Å². The number of carbonyl (C=O) groups is 1. The van der Waals surface area contributed by atoms with Crippen LogP contribution in [0.2, 0.25) is 0 Å². The van der Waals surface area contributed by atoms with Crippen LogP contribution >= 0.6 is 0 Å². The van der Waals surface area contributed by atoms with Crippen LogP contribution in [0.5, 0.6) is 0 Å². The van der Waals surface area contributed by atoms with Gasteiger partial charge in [0.15, 0.2) is 0 Å². The Morgan fingerprint density at radius 1 is 1.36 bits per heavy atom. The minimum Gasteiger partial charge on any atom is -0.273 e. The highest BCUT2D eigenvalue weighted by atomic mass is 16.2. The SMILES string of the molecule is CC(C)C=NNC(=O)C1CCCCC1. The van der Waals surface area contributed by atoms with Gasteiger partial charge >= 0.3 is 0 Å². The van der Waals surface area contributed by atoms with Gasteiger partial charge in [-0.3, -0.25) is 4.79 Å². The van der Waals surface area contributed by atoms with Gasteiger partial charge in [0.1, 0.15) is 0 Å². The quantitative estimate of drug-likeness (QED) is 0.546. The largest absolute Gasteiger partial charge is 0.273 e. The van der Waals surface area contributed by atoms with Gasteiger partial charge in [-0.1, -0.05) is 33.1 Å². The fraction of sp³-hybridized carbons (Fsp3) is 0.818. The molecule has 0 aromatic rings. The van der Waals surface area contributed by atoms with Crippen molar-refractivity contribution in [1.29, 1.82) is 0 Å². The lowest BCUT2D eigenvalue weighted by Gasteiger charge is -2.19. The van der Waals surface area contributed by atoms with Gasteiger partial charge in [-0.05, 0) is 18.8 Å². The fourth-order valence-electron chi connectivity index (χ4n) is 1.71. The van der Waals surface area contributed by atoms with E-state index in [4.69, 9.17) is 0 Å². The van der Waals surface area contributed by atoms with E-state index in [1.807, 2.05) is 13.8 Å². The summed E-state index contributed by atoms with van der Waals surface area (Å²) in [6.45, 7) is 4.08. The molecule has 1 aliphatic carbocycles. The Morgan fingerprint density at radius 2 is 2.00 bits per heavy atom. The van der Waals surface area contributed by atoms with E-state index in [-0.39, 0.29) is 11.8 Å². The molecule has 0 unspecified atom stereocenters. The number of hydrogen-bond acceptors (Lipinski definition) is 2. The van der Waals surface area contributed by atoms with Crippen molar-refractivity contribution in [3.8, 4) is 0 Å². The zero-order chi connectivity index (χ0) is 10.4. The Morgan fingerprint density at radius 3 is 2.57 bits per heavy atom. The molecule has 3 nitrogen and oxygen atoms in total. The minimum atomic E-state index is 0.0987. The third-order valence-electron chi connectivity index (χ3n) is 2.52. The lowest BCUT2D eigenvalue weighted by molar-refractivity contribution is -0.125. The van der Waals surface area contributed by atoms with Gasteiger partial charge in [0, 0.05) is 12.1 Å². The molecule has 0 atom stereocenters. The van der Waals surface area contributed by atoms with Crippen molar-refractivity contribution >= 4 is 12.1 Å². The number of hydrazone groups is 1. The van der Waals surface area contributed by atoms with E-state index >= 15 is 0 Å². The zero-order valence-corrected chi connectivity index (χ0v) is 9.12. The van der Waals surface area contributed by atoms with Crippen LogP contribution in [0.25, 0.3) is 0 Å². The standard InChI is InChI=1S/C11H20N2O/c1-9(2)8-12-13-11(14)10-6-4-3-5-7-10/h8-10H,3-7H2,1-2H3,(H,13,14). The normalized spacial score (nSPS) is 19.1. The van der Waals surface area contributed by atoms with E-state index < -0.39 is 0 Å². The highest BCUT2D eigenvalue weighted by Crippen LogP contribution is 2.23. The smallest absolute Gasteiger partial charge is 0.243 e. The maximum Gasteiger partial charge on any atom is 0.243 e. The molecule has 0 aromatic heterocycles. The van der Waals surface area contributed by atoms with Crippen LogP contribution in [-0.4, -0.2) is 12.1 Å². The highest BCUT2D eigenvalue weighted by molar-refractivity contribution is 5.79. The molecule has 3 heteroatoms. The maximum absolute atomic E-state index is 11.6. The van der Waals surface area contributed by atoms with Gasteiger partial charge in [0.05, 0.1) is 0 Å². The molecule has 0 bridgehead atoms. The molecule has 1 N–H and O–H groups in total. The topological polar surface area (TPSA) is 41.5 Å². The van der Waals surface area contributed by atoms with Crippen LogP contribution in [0, 0.1) is 11.8 Å². The number of nitrogens with zero attached hydrogens (tertiary/aromatic N) is 1. The molecule has 0 aliphatic heterocycles. The first kappa shape index (κ1) is 11.2. The van der Waals surface area contributed by atoms with Gasteiger partial charge < -0.3 is 0 Å². The molecule has 80 valence electrons. The summed E-state index contributed by atoms with van der Waals surface area (Å²) in [6.07, 6.45) is 7.48. The first-order valence-corrected chi connectivity index (χ1v) is 5.53. The molecule has 1 rings (SSSR count). The molecule has 1 amide bonds. The lowest BCUT2D eigenvalue weighted by Crippen LogP contribution is -2.28. The second kappa shape index (κ2) is 5.78. The summed E-state index contributed by atoms with van der Waals surface area (Å²) in [6, 6.07) is 0. The van der Waals surface area contributed by atoms with E-state index in [9.17, 15) is 4.79 Å². The van der Waals surface area contributed by atoms with Crippen molar-refractivity contribution in [1.82, 2.24) is 5.43 Å². The van der Waals surface area contributed by atoms with Gasteiger partial charge in [-0.2, -0.15) is 5.10 Å². The fourth-order valence-corrected chi connectivity index (χ4v) is 1.71. The van der Waals surface area contributed by atoms with Gasteiger partial charge in [0.2, 0.25) is 5.91 Å². The van der Waals surface area contributed by atoms with E-state index in [1.54, 1.807) is 6.21 Å². The third-order valence-corrected chi connectivity index (χ3v) is 2.52. The van der Waals surface area contributed by atoms with Crippen molar-refractivity contribution in [3.05, 3.63) is 0 Å². The second-order valence-corrected chi connectivity index (χ2v) is 4.33. The summed E-state index contributed by atoms with van der Waals surface area (Å²) in [7, 11) is 0. The van der Waals surface area contributed by atoms with Crippen molar-refractivity contribution in [3.63, 3.8) is 0 Å². The molecule has 1 fully saturated rings. The number of carbonyl (C=O) groups excluding carboxylic acids is 1. The molecule has 1 aliphatic rings. The predicted octanol–water partition coefficient (Wildman–Crippen LogP) is 2.32. The summed E-state index contributed by atoms with van der Waals surface area (Å²) in [5.41, 5.74) is 2.61. The number of amides is 1. The van der Waals surface area contributed by atoms with Crippen LogP contribution in [0.1, 0.15) is 46.0 Å². The second-order valence-electron chi connectivity index (χ2n) is 4.33. The highest BCUT2D eigenvalue weighted by Gasteiger charge is 2.20. The maximum atomic E-state index is 11.6. The van der Waals surface area contributed by atoms with E-state index in [0.29, 0.717) is 5.92 Å². The monoisotopic (exact) mass is 196 g/mol. The van der Waals surface area contributed by atoms with Crippen molar-refractivity contribution in [2.75, 3.05) is 0 Å². The Bertz CT molecular complexity index is 205. The Labute approximate surface area is 86.0 Å². The average molecular weight is 196 g/mol. The summed E-state index contributed by atoms with van der Waals surface area (Å²) < 4.78 is 0. The molecular formula is C11H20N2O. The molecule has 0 spiro atoms. The van der Waals surface area contributed by atoms with Crippen LogP contribution < -0.4 is 5.43 Å². The van der Waals surface area contributed by atoms with Gasteiger partial charge in [-0.15, -0.1) is 0 Å². The van der Waals surface area contributed by atoms with Gasteiger partial charge in [0.25, 0.3) is 0 Å². The third kappa shape index (κ3) is 3.90. The molecule has 0 saturated heterocycles. The summed E-state index contributed by atoms with van der Waals surface area (Å²) in [4.78, 5) is 11.6. The first-order valence-electron chi connectivity index (χ1n) is 5.53. The molecule has 14 heavy (non-hydrogen) atoms. The summed E-state index contributed by atoms with van der Waals surface area (Å²) in [5, 5.41) is 3.92. The minimum absolute atomic E-state index is 0.0987.